The normalized spacial score (nSPS) is 17.3. The predicted octanol–water partition coefficient (Wildman–Crippen LogP) is 4.12. The number of nitrogens with zero attached hydrogens (tertiary/aromatic N) is 4. The number of aromatic nitrogens is 2. The van der Waals surface area contributed by atoms with Crippen LogP contribution in [0.4, 0.5) is 11.4 Å². The van der Waals surface area contributed by atoms with Gasteiger partial charge in [0.1, 0.15) is 5.65 Å². The summed E-state index contributed by atoms with van der Waals surface area (Å²) in [6.45, 7) is 7.22. The van der Waals surface area contributed by atoms with Crippen molar-refractivity contribution >= 4 is 17.0 Å². The number of fused-ring (bicyclic) bond motifs is 1. The molecule has 0 saturated carbocycles. The van der Waals surface area contributed by atoms with E-state index in [1.54, 1.807) is 12.1 Å². The number of hydrogen-bond acceptors (Lipinski definition) is 6. The van der Waals surface area contributed by atoms with Gasteiger partial charge in [0.2, 0.25) is 0 Å². The van der Waals surface area contributed by atoms with Crippen LogP contribution in [0.5, 0.6) is 5.75 Å². The van der Waals surface area contributed by atoms with E-state index in [2.05, 4.69) is 11.8 Å². The Bertz CT molecular complexity index is 1080. The highest BCUT2D eigenvalue weighted by molar-refractivity contribution is 5.71. The van der Waals surface area contributed by atoms with Crippen LogP contribution in [0.1, 0.15) is 32.4 Å². The quantitative estimate of drug-likeness (QED) is 0.486. The van der Waals surface area contributed by atoms with E-state index in [0.29, 0.717) is 30.3 Å². The van der Waals surface area contributed by atoms with Crippen molar-refractivity contribution in [1.82, 2.24) is 14.3 Å². The van der Waals surface area contributed by atoms with Crippen molar-refractivity contribution < 1.29 is 9.66 Å². The number of nitro benzene ring substituents is 1. The summed E-state index contributed by atoms with van der Waals surface area (Å²) in [6.07, 6.45) is 4.29. The zero-order valence-corrected chi connectivity index (χ0v) is 17.4. The second kappa shape index (κ2) is 8.31. The number of nitrogen functional groups attached to an aromatic ring is 1. The highest BCUT2D eigenvalue weighted by Crippen LogP contribution is 2.34. The molecule has 2 N–H and O–H groups in total. The summed E-state index contributed by atoms with van der Waals surface area (Å²) >= 11 is 0. The Morgan fingerprint density at radius 3 is 2.90 bits per heavy atom. The number of rotatable bonds is 6. The third-order valence-corrected chi connectivity index (χ3v) is 5.58. The SMILES string of the molecule is CCOc1ccc(-c2nc3ccc(N)cn3c2CN2CCCC(C)C2)cc1[N+](=O)[O-]. The minimum absolute atomic E-state index is 0.0523. The van der Waals surface area contributed by atoms with Gasteiger partial charge in [-0.3, -0.25) is 15.0 Å². The van der Waals surface area contributed by atoms with Gasteiger partial charge in [-0.25, -0.2) is 4.98 Å². The molecule has 0 amide bonds. The summed E-state index contributed by atoms with van der Waals surface area (Å²) in [5.41, 5.74) is 9.85. The topological polar surface area (TPSA) is 98.9 Å². The zero-order valence-electron chi connectivity index (χ0n) is 17.4. The van der Waals surface area contributed by atoms with E-state index < -0.39 is 4.92 Å². The third-order valence-electron chi connectivity index (χ3n) is 5.58. The molecule has 0 aliphatic carbocycles. The Balaban J connectivity index is 1.82. The molecule has 1 aliphatic heterocycles. The van der Waals surface area contributed by atoms with E-state index in [4.69, 9.17) is 15.5 Å². The molecule has 8 nitrogen and oxygen atoms in total. The van der Waals surface area contributed by atoms with Crippen LogP contribution < -0.4 is 10.5 Å². The molecule has 1 aromatic carbocycles. The van der Waals surface area contributed by atoms with Gasteiger partial charge in [0.15, 0.2) is 5.75 Å². The molecule has 2 aromatic heterocycles. The van der Waals surface area contributed by atoms with Crippen LogP contribution in [-0.4, -0.2) is 38.9 Å². The number of anilines is 1. The second-order valence-corrected chi connectivity index (χ2v) is 7.95. The molecule has 0 bridgehead atoms. The van der Waals surface area contributed by atoms with Crippen LogP contribution in [0.2, 0.25) is 0 Å². The maximum atomic E-state index is 11.6. The van der Waals surface area contributed by atoms with Crippen molar-refractivity contribution in [3.05, 3.63) is 52.3 Å². The van der Waals surface area contributed by atoms with Gasteiger partial charge >= 0.3 is 5.69 Å². The van der Waals surface area contributed by atoms with Crippen molar-refractivity contribution in [3.8, 4) is 17.0 Å². The highest BCUT2D eigenvalue weighted by atomic mass is 16.6. The first-order valence-electron chi connectivity index (χ1n) is 10.4. The summed E-state index contributed by atoms with van der Waals surface area (Å²) in [5.74, 6) is 0.920. The number of imidazole rings is 1. The van der Waals surface area contributed by atoms with Gasteiger partial charge in [-0.1, -0.05) is 6.92 Å². The average molecular weight is 409 g/mol. The van der Waals surface area contributed by atoms with Gasteiger partial charge in [-0.15, -0.1) is 0 Å². The summed E-state index contributed by atoms with van der Waals surface area (Å²) in [4.78, 5) is 18.4. The van der Waals surface area contributed by atoms with Crippen LogP contribution in [0.3, 0.4) is 0 Å². The number of benzene rings is 1. The van der Waals surface area contributed by atoms with E-state index in [9.17, 15) is 10.1 Å². The number of ether oxygens (including phenoxy) is 1. The molecule has 1 fully saturated rings. The molecule has 1 aliphatic rings. The van der Waals surface area contributed by atoms with Crippen molar-refractivity contribution in [2.75, 3.05) is 25.4 Å². The van der Waals surface area contributed by atoms with Gasteiger partial charge in [-0.2, -0.15) is 0 Å². The van der Waals surface area contributed by atoms with Crippen LogP contribution in [0.15, 0.2) is 36.5 Å². The lowest BCUT2D eigenvalue weighted by Crippen LogP contribution is -2.34. The molecular formula is C22H27N5O3. The summed E-state index contributed by atoms with van der Waals surface area (Å²) in [5, 5.41) is 11.6. The molecule has 1 saturated heterocycles. The average Bonchev–Trinajstić information content (AvgIpc) is 3.06. The fourth-order valence-electron chi connectivity index (χ4n) is 4.22. The first-order valence-corrected chi connectivity index (χ1v) is 10.4. The molecule has 0 radical (unpaired) electrons. The maximum absolute atomic E-state index is 11.6. The molecule has 30 heavy (non-hydrogen) atoms. The second-order valence-electron chi connectivity index (χ2n) is 7.95. The summed E-state index contributed by atoms with van der Waals surface area (Å²) in [7, 11) is 0. The first-order chi connectivity index (χ1) is 14.5. The van der Waals surface area contributed by atoms with Crippen molar-refractivity contribution in [3.63, 3.8) is 0 Å². The molecular weight excluding hydrogens is 382 g/mol. The Labute approximate surface area is 175 Å². The number of piperidine rings is 1. The van der Waals surface area contributed by atoms with Gasteiger partial charge < -0.3 is 14.9 Å². The van der Waals surface area contributed by atoms with E-state index in [0.717, 1.165) is 30.1 Å². The lowest BCUT2D eigenvalue weighted by atomic mass is 10.00. The van der Waals surface area contributed by atoms with Crippen LogP contribution in [0, 0.1) is 16.0 Å². The smallest absolute Gasteiger partial charge is 0.311 e. The van der Waals surface area contributed by atoms with Gasteiger partial charge in [0.25, 0.3) is 0 Å². The highest BCUT2D eigenvalue weighted by Gasteiger charge is 2.23. The van der Waals surface area contributed by atoms with Crippen LogP contribution >= 0.6 is 0 Å². The minimum Gasteiger partial charge on any atom is -0.487 e. The van der Waals surface area contributed by atoms with Gasteiger partial charge in [-0.05, 0) is 56.5 Å². The molecule has 3 aromatic rings. The number of hydrogen-bond donors (Lipinski definition) is 1. The fraction of sp³-hybridized carbons (Fsp3) is 0.409. The number of nitro groups is 1. The molecule has 4 rings (SSSR count). The Kier molecular flexibility index (Phi) is 5.59. The number of likely N-dealkylation sites (tertiary alicyclic amines) is 1. The largest absolute Gasteiger partial charge is 0.487 e. The Morgan fingerprint density at radius 2 is 2.17 bits per heavy atom. The Morgan fingerprint density at radius 1 is 1.33 bits per heavy atom. The Hall–Kier alpha value is -3.13. The maximum Gasteiger partial charge on any atom is 0.311 e. The fourth-order valence-corrected chi connectivity index (χ4v) is 4.22. The first kappa shape index (κ1) is 20.2. The molecule has 158 valence electrons. The van der Waals surface area contributed by atoms with E-state index in [1.807, 2.05) is 35.7 Å². The standard InChI is InChI=1S/C22H27N5O3/c1-3-30-20-8-6-16(11-18(20)27(28)29)22-19(14-25-10-4-5-15(2)12-25)26-13-17(23)7-9-21(26)24-22/h6-9,11,13,15H,3-5,10,12,14,23H2,1-2H3. The van der Waals surface area contributed by atoms with E-state index >= 15 is 0 Å². The van der Waals surface area contributed by atoms with Crippen molar-refractivity contribution in [1.29, 1.82) is 0 Å². The van der Waals surface area contributed by atoms with Crippen molar-refractivity contribution in [2.45, 2.75) is 33.2 Å². The molecule has 0 spiro atoms. The van der Waals surface area contributed by atoms with Crippen LogP contribution in [0.25, 0.3) is 16.9 Å². The summed E-state index contributed by atoms with van der Waals surface area (Å²) < 4.78 is 7.44. The molecule has 1 atom stereocenters. The lowest BCUT2D eigenvalue weighted by molar-refractivity contribution is -0.385. The third kappa shape index (κ3) is 3.95. The van der Waals surface area contributed by atoms with Gasteiger partial charge in [0, 0.05) is 36.6 Å². The zero-order chi connectivity index (χ0) is 21.3. The molecule has 1 unspecified atom stereocenters. The molecule has 8 heteroatoms. The van der Waals surface area contributed by atoms with Crippen LogP contribution in [-0.2, 0) is 6.54 Å². The summed E-state index contributed by atoms with van der Waals surface area (Å²) in [6, 6.07) is 8.75. The van der Waals surface area contributed by atoms with E-state index in [1.165, 1.54) is 12.8 Å². The lowest BCUT2D eigenvalue weighted by Gasteiger charge is -2.30. The minimum atomic E-state index is -0.408. The number of nitrogens with two attached hydrogens (primary N) is 1. The van der Waals surface area contributed by atoms with Crippen molar-refractivity contribution in [2.24, 2.45) is 5.92 Å². The van der Waals surface area contributed by atoms with Gasteiger partial charge in [0.05, 0.1) is 22.9 Å². The number of pyridine rings is 1. The predicted molar refractivity (Wildman–Crippen MR) is 117 cm³/mol. The van der Waals surface area contributed by atoms with E-state index in [-0.39, 0.29) is 11.4 Å². The molecule has 3 heterocycles. The monoisotopic (exact) mass is 409 g/mol.